The predicted octanol–water partition coefficient (Wildman–Crippen LogP) is 3.04. The fraction of sp³-hybridized carbons (Fsp3) is 0.0588. The number of benzene rings is 2. The second-order valence-corrected chi connectivity index (χ2v) is 5.43. The Morgan fingerprint density at radius 1 is 1.04 bits per heavy atom. The molecule has 0 spiro atoms. The van der Waals surface area contributed by atoms with Crippen LogP contribution in [-0.4, -0.2) is 20.2 Å². The zero-order valence-electron chi connectivity index (χ0n) is 12.0. The lowest BCUT2D eigenvalue weighted by Crippen LogP contribution is -2.26. The van der Waals surface area contributed by atoms with Gasteiger partial charge in [0.1, 0.15) is 6.54 Å². The van der Waals surface area contributed by atoms with Crippen LogP contribution in [0.4, 0.5) is 0 Å². The molecule has 0 saturated carbocycles. The van der Waals surface area contributed by atoms with Gasteiger partial charge in [-0.3, -0.25) is 13.9 Å². The molecule has 1 aromatic heterocycles. The molecule has 1 N–H and O–H groups in total. The lowest BCUT2D eigenvalue weighted by atomic mass is 10.1. The maximum absolute atomic E-state index is 12.6. The molecule has 0 aliphatic heterocycles. The molecule has 5 nitrogen and oxygen atoms in total. The van der Waals surface area contributed by atoms with Crippen LogP contribution in [0.3, 0.4) is 0 Å². The molecular weight excluding hydrogens is 316 g/mol. The van der Waals surface area contributed by atoms with E-state index < -0.39 is 11.7 Å². The van der Waals surface area contributed by atoms with Crippen molar-refractivity contribution in [3.8, 4) is 16.9 Å². The van der Waals surface area contributed by atoms with Crippen molar-refractivity contribution in [1.82, 2.24) is 9.13 Å². The number of carboxylic acid groups (broad SMARTS) is 1. The van der Waals surface area contributed by atoms with Crippen LogP contribution in [0.1, 0.15) is 0 Å². The second-order valence-electron chi connectivity index (χ2n) is 5.00. The summed E-state index contributed by atoms with van der Waals surface area (Å²) in [5.41, 5.74) is 1.67. The molecule has 0 radical (unpaired) electrons. The van der Waals surface area contributed by atoms with Gasteiger partial charge in [0.2, 0.25) is 0 Å². The summed E-state index contributed by atoms with van der Waals surface area (Å²) in [5.74, 6) is -1.07. The van der Waals surface area contributed by atoms with E-state index >= 15 is 0 Å². The van der Waals surface area contributed by atoms with Gasteiger partial charge in [0.05, 0.1) is 11.4 Å². The molecule has 116 valence electrons. The number of aromatic nitrogens is 2. The first-order valence-corrected chi connectivity index (χ1v) is 7.29. The minimum Gasteiger partial charge on any atom is -0.480 e. The maximum atomic E-state index is 12.6. The number of rotatable bonds is 4. The van der Waals surface area contributed by atoms with Gasteiger partial charge in [-0.15, -0.1) is 0 Å². The van der Waals surface area contributed by atoms with E-state index in [0.29, 0.717) is 16.4 Å². The Labute approximate surface area is 137 Å². The SMILES string of the molecule is O=C(O)Cn1cc(-c2ccccc2)n(-c2ccc(Cl)cc2)c1=O. The summed E-state index contributed by atoms with van der Waals surface area (Å²) < 4.78 is 2.66. The molecule has 3 rings (SSSR count). The third-order valence-corrected chi connectivity index (χ3v) is 3.67. The second kappa shape index (κ2) is 6.14. The van der Waals surface area contributed by atoms with E-state index in [0.717, 1.165) is 5.56 Å². The van der Waals surface area contributed by atoms with Gasteiger partial charge in [-0.05, 0) is 24.3 Å². The topological polar surface area (TPSA) is 64.2 Å². The Bertz CT molecular complexity index is 896. The summed E-state index contributed by atoms with van der Waals surface area (Å²) in [6, 6.07) is 16.2. The van der Waals surface area contributed by atoms with Crippen LogP contribution in [0.15, 0.2) is 65.6 Å². The summed E-state index contributed by atoms with van der Waals surface area (Å²) in [5, 5.41) is 9.55. The first kappa shape index (κ1) is 15.1. The Kier molecular flexibility index (Phi) is 4.04. The van der Waals surface area contributed by atoms with Crippen molar-refractivity contribution in [2.75, 3.05) is 0 Å². The molecular formula is C17H13ClN2O3. The summed E-state index contributed by atoms with van der Waals surface area (Å²) in [6.45, 7) is -0.390. The molecule has 3 aromatic rings. The number of hydrogen-bond acceptors (Lipinski definition) is 2. The lowest BCUT2D eigenvalue weighted by Gasteiger charge is -2.07. The van der Waals surface area contributed by atoms with Gasteiger partial charge in [-0.2, -0.15) is 0 Å². The summed E-state index contributed by atoms with van der Waals surface area (Å²) >= 11 is 5.90. The fourth-order valence-electron chi connectivity index (χ4n) is 2.40. The van der Waals surface area contributed by atoms with Gasteiger partial charge in [-0.25, -0.2) is 4.79 Å². The van der Waals surface area contributed by atoms with E-state index in [1.807, 2.05) is 30.3 Å². The van der Waals surface area contributed by atoms with E-state index in [9.17, 15) is 9.59 Å². The number of hydrogen-bond donors (Lipinski definition) is 1. The number of nitrogens with zero attached hydrogens (tertiary/aromatic N) is 2. The first-order valence-electron chi connectivity index (χ1n) is 6.91. The quantitative estimate of drug-likeness (QED) is 0.800. The number of carboxylic acids is 1. The summed E-state index contributed by atoms with van der Waals surface area (Å²) in [4.78, 5) is 23.6. The highest BCUT2D eigenvalue weighted by atomic mass is 35.5. The molecule has 23 heavy (non-hydrogen) atoms. The highest BCUT2D eigenvalue weighted by Crippen LogP contribution is 2.22. The van der Waals surface area contributed by atoms with E-state index in [2.05, 4.69) is 0 Å². The van der Waals surface area contributed by atoms with Crippen LogP contribution in [0.25, 0.3) is 16.9 Å². The number of halogens is 1. The first-order chi connectivity index (χ1) is 11.1. The minimum atomic E-state index is -1.07. The van der Waals surface area contributed by atoms with Gasteiger partial charge >= 0.3 is 11.7 Å². The Balaban J connectivity index is 2.23. The van der Waals surface area contributed by atoms with E-state index in [1.165, 1.54) is 9.13 Å². The van der Waals surface area contributed by atoms with Gasteiger partial charge in [-0.1, -0.05) is 41.9 Å². The van der Waals surface area contributed by atoms with Crippen molar-refractivity contribution in [3.05, 3.63) is 76.3 Å². The molecule has 0 saturated heterocycles. The molecule has 0 unspecified atom stereocenters. The molecule has 2 aromatic carbocycles. The smallest absolute Gasteiger partial charge is 0.333 e. The van der Waals surface area contributed by atoms with E-state index in [-0.39, 0.29) is 6.54 Å². The van der Waals surface area contributed by atoms with Crippen LogP contribution in [0.2, 0.25) is 5.02 Å². The van der Waals surface area contributed by atoms with Crippen LogP contribution in [0.5, 0.6) is 0 Å². The van der Waals surface area contributed by atoms with Gasteiger partial charge in [0.15, 0.2) is 0 Å². The largest absolute Gasteiger partial charge is 0.480 e. The van der Waals surface area contributed by atoms with Gasteiger partial charge in [0.25, 0.3) is 0 Å². The van der Waals surface area contributed by atoms with Gasteiger partial charge < -0.3 is 5.11 Å². The molecule has 0 fully saturated rings. The van der Waals surface area contributed by atoms with Crippen molar-refractivity contribution < 1.29 is 9.90 Å². The van der Waals surface area contributed by atoms with Crippen molar-refractivity contribution in [2.24, 2.45) is 0 Å². The third-order valence-electron chi connectivity index (χ3n) is 3.42. The van der Waals surface area contributed by atoms with Gasteiger partial charge in [0, 0.05) is 16.8 Å². The lowest BCUT2D eigenvalue weighted by molar-refractivity contribution is -0.137. The van der Waals surface area contributed by atoms with Crippen molar-refractivity contribution in [3.63, 3.8) is 0 Å². The van der Waals surface area contributed by atoms with E-state index in [4.69, 9.17) is 16.7 Å². The summed E-state index contributed by atoms with van der Waals surface area (Å²) in [6.07, 6.45) is 1.56. The average molecular weight is 329 g/mol. The number of imidazole rings is 1. The standard InChI is InChI=1S/C17H13ClN2O3/c18-13-6-8-14(9-7-13)20-15(12-4-2-1-3-5-12)10-19(17(20)23)11-16(21)22/h1-10H,11H2,(H,21,22). The summed E-state index contributed by atoms with van der Waals surface area (Å²) in [7, 11) is 0. The molecule has 1 heterocycles. The monoisotopic (exact) mass is 328 g/mol. The van der Waals surface area contributed by atoms with Crippen molar-refractivity contribution in [1.29, 1.82) is 0 Å². The highest BCUT2D eigenvalue weighted by Gasteiger charge is 2.16. The normalized spacial score (nSPS) is 10.7. The molecule has 0 amide bonds. The Hall–Kier alpha value is -2.79. The van der Waals surface area contributed by atoms with Crippen LogP contribution >= 0.6 is 11.6 Å². The van der Waals surface area contributed by atoms with Crippen molar-refractivity contribution >= 4 is 17.6 Å². The maximum Gasteiger partial charge on any atom is 0.333 e. The number of aliphatic carboxylic acids is 1. The average Bonchev–Trinajstić information content (AvgIpc) is 2.85. The zero-order valence-corrected chi connectivity index (χ0v) is 12.8. The minimum absolute atomic E-state index is 0.390. The Morgan fingerprint density at radius 3 is 2.30 bits per heavy atom. The highest BCUT2D eigenvalue weighted by molar-refractivity contribution is 6.30. The van der Waals surface area contributed by atoms with Crippen LogP contribution < -0.4 is 5.69 Å². The zero-order chi connectivity index (χ0) is 16.4. The number of carbonyl (C=O) groups is 1. The molecule has 6 heteroatoms. The predicted molar refractivity (Wildman–Crippen MR) is 88.1 cm³/mol. The molecule has 0 aliphatic rings. The van der Waals surface area contributed by atoms with Crippen LogP contribution in [-0.2, 0) is 11.3 Å². The molecule has 0 bridgehead atoms. The van der Waals surface area contributed by atoms with Crippen molar-refractivity contribution in [2.45, 2.75) is 6.54 Å². The van der Waals surface area contributed by atoms with E-state index in [1.54, 1.807) is 30.5 Å². The van der Waals surface area contributed by atoms with Crippen LogP contribution in [0, 0.1) is 0 Å². The fourth-order valence-corrected chi connectivity index (χ4v) is 2.53. The molecule has 0 atom stereocenters. The molecule has 0 aliphatic carbocycles. The third kappa shape index (κ3) is 3.05. The Morgan fingerprint density at radius 2 is 1.70 bits per heavy atom.